The minimum atomic E-state index is -2.17. The van der Waals surface area contributed by atoms with Gasteiger partial charge in [-0.05, 0) is 93.2 Å². The maximum Gasteiger partial charge on any atom is 0.410 e. The van der Waals surface area contributed by atoms with E-state index in [1.165, 1.54) is 0 Å². The summed E-state index contributed by atoms with van der Waals surface area (Å²) in [7, 11) is -0.624. The van der Waals surface area contributed by atoms with Crippen molar-refractivity contribution in [3.8, 4) is 40.4 Å². The fourth-order valence-electron chi connectivity index (χ4n) is 12.1. The molecular formula is C50H64F2N6O6Si. The molecule has 7 heterocycles. The zero-order valence-corrected chi connectivity index (χ0v) is 40.6. The van der Waals surface area contributed by atoms with Gasteiger partial charge in [-0.1, -0.05) is 59.6 Å². The summed E-state index contributed by atoms with van der Waals surface area (Å²) in [6, 6.07) is 8.82. The number of methoxy groups -OCH3 is 1. The van der Waals surface area contributed by atoms with Gasteiger partial charge in [-0.2, -0.15) is 9.97 Å². The third kappa shape index (κ3) is 7.94. The largest absolute Gasteiger partial charge is 0.475 e. The highest BCUT2D eigenvalue weighted by Crippen LogP contribution is 2.48. The molecule has 9 rings (SSSR count). The Labute approximate surface area is 382 Å². The van der Waals surface area contributed by atoms with Crippen LogP contribution in [0, 0.1) is 17.3 Å². The van der Waals surface area contributed by atoms with Crippen molar-refractivity contribution < 1.29 is 37.3 Å². The number of fused-ring (bicyclic) bond motifs is 7. The van der Waals surface area contributed by atoms with Crippen molar-refractivity contribution in [3.63, 3.8) is 0 Å². The number of anilines is 1. The van der Waals surface area contributed by atoms with Crippen molar-refractivity contribution in [3.05, 3.63) is 41.7 Å². The first kappa shape index (κ1) is 45.4. The number of aromatic nitrogens is 3. The lowest BCUT2D eigenvalue weighted by molar-refractivity contribution is 0.00537. The van der Waals surface area contributed by atoms with Gasteiger partial charge >= 0.3 is 12.1 Å². The van der Waals surface area contributed by atoms with Crippen molar-refractivity contribution in [2.75, 3.05) is 51.7 Å². The van der Waals surface area contributed by atoms with E-state index in [1.807, 2.05) is 49.9 Å². The number of carbonyl (C=O) groups is 1. The average Bonchev–Trinajstić information content (AvgIpc) is 3.85. The molecule has 5 aliphatic heterocycles. The Morgan fingerprint density at radius 2 is 1.77 bits per heavy atom. The zero-order valence-electron chi connectivity index (χ0n) is 39.6. The third-order valence-corrected chi connectivity index (χ3v) is 21.1. The van der Waals surface area contributed by atoms with Crippen molar-refractivity contribution in [1.29, 1.82) is 0 Å². The van der Waals surface area contributed by atoms with Crippen LogP contribution >= 0.6 is 0 Å². The van der Waals surface area contributed by atoms with Crippen LogP contribution in [-0.2, 0) is 9.47 Å². The lowest BCUT2D eigenvalue weighted by Gasteiger charge is -2.46. The minimum absolute atomic E-state index is 0.00564. The number of ether oxygens (including phenoxy) is 5. The van der Waals surface area contributed by atoms with Crippen LogP contribution in [0.5, 0.6) is 17.6 Å². The molecule has 0 saturated carbocycles. The minimum Gasteiger partial charge on any atom is -0.475 e. The molecule has 12 nitrogen and oxygen atoms in total. The monoisotopic (exact) mass is 910 g/mol. The van der Waals surface area contributed by atoms with E-state index in [-0.39, 0.29) is 67.3 Å². The highest BCUT2D eigenvalue weighted by atomic mass is 28.3. The summed E-state index contributed by atoms with van der Waals surface area (Å²) in [4.78, 5) is 34.9. The number of piperazine rings is 1. The summed E-state index contributed by atoms with van der Waals surface area (Å²) in [6.45, 7) is 21.2. The smallest absolute Gasteiger partial charge is 0.410 e. The van der Waals surface area contributed by atoms with Gasteiger partial charge in [0.2, 0.25) is 5.88 Å². The second-order valence-corrected chi connectivity index (χ2v) is 26.4. The summed E-state index contributed by atoms with van der Waals surface area (Å²) >= 11 is 0. The van der Waals surface area contributed by atoms with Crippen LogP contribution in [0.2, 0.25) is 16.6 Å². The van der Waals surface area contributed by atoms with Gasteiger partial charge in [-0.15, -0.1) is 5.54 Å². The second kappa shape index (κ2) is 17.1. The number of rotatable bonds is 10. The van der Waals surface area contributed by atoms with E-state index >= 15 is 4.39 Å². The molecule has 15 heteroatoms. The molecule has 0 N–H and O–H groups in total. The summed E-state index contributed by atoms with van der Waals surface area (Å²) < 4.78 is 63.6. The Morgan fingerprint density at radius 3 is 2.49 bits per heavy atom. The molecule has 2 aromatic heterocycles. The first-order valence-electron chi connectivity index (χ1n) is 23.5. The van der Waals surface area contributed by atoms with Gasteiger partial charge in [-0.25, -0.2) is 18.6 Å². The molecule has 2 aromatic carbocycles. The number of amides is 1. The maximum absolute atomic E-state index is 18.1. The van der Waals surface area contributed by atoms with E-state index in [4.69, 9.17) is 38.6 Å². The van der Waals surface area contributed by atoms with Gasteiger partial charge in [0, 0.05) is 43.1 Å². The highest BCUT2D eigenvalue weighted by Gasteiger charge is 2.53. The highest BCUT2D eigenvalue weighted by molar-refractivity contribution is 6.90. The first-order chi connectivity index (χ1) is 30.9. The van der Waals surface area contributed by atoms with Gasteiger partial charge < -0.3 is 28.6 Å². The molecule has 4 aromatic rings. The van der Waals surface area contributed by atoms with Crippen LogP contribution in [0.4, 0.5) is 19.4 Å². The van der Waals surface area contributed by atoms with E-state index in [9.17, 15) is 9.18 Å². The van der Waals surface area contributed by atoms with Crippen molar-refractivity contribution >= 4 is 41.7 Å². The zero-order chi connectivity index (χ0) is 46.2. The van der Waals surface area contributed by atoms with E-state index in [2.05, 4.69) is 62.8 Å². The molecule has 0 aliphatic carbocycles. The Bertz CT molecular complexity index is 2540. The Morgan fingerprint density at radius 1 is 1.00 bits per heavy atom. The average molecular weight is 911 g/mol. The van der Waals surface area contributed by atoms with Gasteiger partial charge in [0.15, 0.2) is 12.6 Å². The Kier molecular flexibility index (Phi) is 12.0. The number of hydrogen-bond donors (Lipinski definition) is 0. The van der Waals surface area contributed by atoms with Crippen molar-refractivity contribution in [1.82, 2.24) is 24.8 Å². The van der Waals surface area contributed by atoms with Gasteiger partial charge in [-0.3, -0.25) is 9.80 Å². The predicted molar refractivity (Wildman–Crippen MR) is 251 cm³/mol. The molecule has 4 saturated heterocycles. The number of pyridine rings is 1. The lowest BCUT2D eigenvalue weighted by atomic mass is 9.95. The quantitative estimate of drug-likeness (QED) is 0.0862. The molecule has 348 valence electrons. The molecule has 5 atom stereocenters. The molecule has 0 unspecified atom stereocenters. The summed E-state index contributed by atoms with van der Waals surface area (Å²) in [5, 5.41) is 1.85. The number of benzene rings is 2. The van der Waals surface area contributed by atoms with Crippen LogP contribution < -0.4 is 19.1 Å². The van der Waals surface area contributed by atoms with Crippen LogP contribution in [0.3, 0.4) is 0 Å². The SMILES string of the molecule is COCOc1cc(-c2nc3c4c(nc(OC[C@@]56CCCN5C[C@H](F)C6)nc4c2F)N2C[C@H]4CC[C@@H]([C@@H]2CO3)N4C(=O)OC(C)(C)C)c2c(C#C[Si](C(C)C)(C(C)C)C(C)C)cccc2c1. The van der Waals surface area contributed by atoms with Gasteiger partial charge in [0.1, 0.15) is 61.2 Å². The number of carbonyl (C=O) groups excluding carboxylic acids is 1. The van der Waals surface area contributed by atoms with Crippen LogP contribution in [0.15, 0.2) is 30.3 Å². The number of alkyl halides is 1. The molecular weight excluding hydrogens is 847 g/mol. The predicted octanol–water partition coefficient (Wildman–Crippen LogP) is 9.84. The van der Waals surface area contributed by atoms with Crippen LogP contribution in [0.1, 0.15) is 100.0 Å². The Balaban J connectivity index is 1.23. The standard InChI is InChI=1S/C50H64F2N6O6Si/c1-29(2)65(30(3)4,31(5)6)20-17-32-13-11-14-33-21-36(63-28-60-10)22-37(40(32)33)43-42(52)44-41-45(55-47(54-44)62-27-50-18-12-19-56(50)24-34(51)23-50)57-25-35-15-16-38(39(57)26-61-46(41)53-43)58(35)48(59)64-49(7,8)9/h11,13-14,21-22,29-31,34-35,38-39H,12,15-16,18-19,23-28H2,1-10H3/t34-,35-,38+,39+,50+/m1/s1. The second-order valence-electron chi connectivity index (χ2n) is 20.8. The summed E-state index contributed by atoms with van der Waals surface area (Å²) in [6.07, 6.45) is 2.29. The first-order valence-corrected chi connectivity index (χ1v) is 25.7. The molecule has 1 amide bonds. The molecule has 5 aliphatic rings. The fraction of sp³-hybridized carbons (Fsp3) is 0.600. The van der Waals surface area contributed by atoms with Gasteiger partial charge in [0.25, 0.3) is 0 Å². The molecule has 0 radical (unpaired) electrons. The lowest BCUT2D eigenvalue weighted by Crippen LogP contribution is -2.63. The molecule has 4 fully saturated rings. The van der Waals surface area contributed by atoms with E-state index in [0.717, 1.165) is 48.6 Å². The fourth-order valence-corrected chi connectivity index (χ4v) is 17.3. The number of halogens is 2. The maximum atomic E-state index is 18.1. The molecule has 0 spiro atoms. The normalized spacial score (nSPS) is 24.0. The summed E-state index contributed by atoms with van der Waals surface area (Å²) in [5.41, 5.74) is 5.18. The summed E-state index contributed by atoms with van der Waals surface area (Å²) in [5.74, 6) is 4.05. The molecule has 65 heavy (non-hydrogen) atoms. The van der Waals surface area contributed by atoms with E-state index in [1.54, 1.807) is 13.2 Å². The topological polar surface area (TPSA) is 112 Å². The number of nitrogens with zero attached hydrogens (tertiary/aromatic N) is 6. The van der Waals surface area contributed by atoms with Crippen molar-refractivity contribution in [2.45, 2.75) is 146 Å². The van der Waals surface area contributed by atoms with Gasteiger partial charge in [0.05, 0.1) is 23.7 Å². The van der Waals surface area contributed by atoms with Crippen LogP contribution in [-0.4, -0.2) is 121 Å². The third-order valence-electron chi connectivity index (χ3n) is 14.8. The van der Waals surface area contributed by atoms with Crippen molar-refractivity contribution in [2.24, 2.45) is 0 Å². The van der Waals surface area contributed by atoms with Crippen LogP contribution in [0.25, 0.3) is 32.9 Å². The van der Waals surface area contributed by atoms with E-state index in [0.29, 0.717) is 58.7 Å². The molecule has 2 bridgehead atoms. The Hall–Kier alpha value is -4.78. The number of hydrogen-bond acceptors (Lipinski definition) is 11. The van der Waals surface area contributed by atoms with E-state index < -0.39 is 31.2 Å².